The van der Waals surface area contributed by atoms with Crippen LogP contribution < -0.4 is 10.5 Å². The fourth-order valence-corrected chi connectivity index (χ4v) is 3.30. The largest absolute Gasteiger partial charge is 0.481 e. The lowest BCUT2D eigenvalue weighted by molar-refractivity contribution is -0.146. The summed E-state index contributed by atoms with van der Waals surface area (Å²) in [6.07, 6.45) is 0.680. The van der Waals surface area contributed by atoms with Gasteiger partial charge < -0.3 is 15.6 Å². The number of hydrogen-bond donors (Lipinski definition) is 2. The van der Waals surface area contributed by atoms with Crippen LogP contribution in [-0.2, 0) is 9.59 Å². The third-order valence-corrected chi connectivity index (χ3v) is 5.37. The Morgan fingerprint density at radius 2 is 1.61 bits per heavy atom. The average molecular weight is 473 g/mol. The Morgan fingerprint density at radius 3 is 2.12 bits per heavy atom. The summed E-state index contributed by atoms with van der Waals surface area (Å²) in [5.41, 5.74) is 5.22. The predicted octanol–water partition coefficient (Wildman–Crippen LogP) is 4.55. The van der Waals surface area contributed by atoms with Crippen LogP contribution in [0.3, 0.4) is 0 Å². The van der Waals surface area contributed by atoms with Crippen LogP contribution in [-0.4, -0.2) is 40.6 Å². The Hall–Kier alpha value is -3.19. The van der Waals surface area contributed by atoms with Crippen molar-refractivity contribution in [1.82, 2.24) is 0 Å². The number of aliphatic carboxylic acids is 1. The Labute approximate surface area is 198 Å². The van der Waals surface area contributed by atoms with Gasteiger partial charge in [0.05, 0.1) is 11.8 Å². The van der Waals surface area contributed by atoms with Crippen molar-refractivity contribution in [3.8, 4) is 5.75 Å². The highest BCUT2D eigenvalue weighted by molar-refractivity contribution is 6.30. The van der Waals surface area contributed by atoms with Crippen LogP contribution in [0.1, 0.15) is 56.0 Å². The number of aliphatic imine (C=N–C) groups is 1. The molecule has 2 aromatic rings. The first-order valence-corrected chi connectivity index (χ1v) is 11.0. The zero-order valence-electron chi connectivity index (χ0n) is 19.0. The third-order valence-electron chi connectivity index (χ3n) is 5.12. The van der Waals surface area contributed by atoms with Crippen LogP contribution >= 0.6 is 11.6 Å². The molecule has 0 fully saturated rings. The molecule has 0 unspecified atom stereocenters. The van der Waals surface area contributed by atoms with E-state index in [-0.39, 0.29) is 18.0 Å². The number of ketones is 2. The Balaban J connectivity index is 2.00. The van der Waals surface area contributed by atoms with E-state index in [2.05, 4.69) is 4.99 Å². The van der Waals surface area contributed by atoms with E-state index in [0.717, 1.165) is 0 Å². The molecule has 7 nitrogen and oxygen atoms in total. The van der Waals surface area contributed by atoms with Gasteiger partial charge in [-0.25, -0.2) is 0 Å². The van der Waals surface area contributed by atoms with Crippen molar-refractivity contribution in [2.24, 2.45) is 16.6 Å². The van der Waals surface area contributed by atoms with Crippen molar-refractivity contribution >= 4 is 35.0 Å². The molecule has 0 aliphatic rings. The lowest BCUT2D eigenvalue weighted by Crippen LogP contribution is -2.40. The molecule has 2 rings (SSSR count). The van der Waals surface area contributed by atoms with Crippen molar-refractivity contribution in [3.63, 3.8) is 0 Å². The van der Waals surface area contributed by atoms with E-state index in [1.54, 1.807) is 69.3 Å². The van der Waals surface area contributed by atoms with Crippen LogP contribution in [0.2, 0.25) is 5.02 Å². The molecule has 0 radical (unpaired) electrons. The summed E-state index contributed by atoms with van der Waals surface area (Å²) in [4.78, 5) is 41.0. The maximum absolute atomic E-state index is 12.8. The second-order valence-electron chi connectivity index (χ2n) is 8.30. The lowest BCUT2D eigenvalue weighted by Gasteiger charge is -2.26. The van der Waals surface area contributed by atoms with E-state index in [1.165, 1.54) is 0 Å². The Kier molecular flexibility index (Phi) is 9.17. The molecule has 1 atom stereocenters. The summed E-state index contributed by atoms with van der Waals surface area (Å²) in [5.74, 6) is -1.50. The number of carbonyl (C=O) groups excluding carboxylic acids is 2. The van der Waals surface area contributed by atoms with Gasteiger partial charge in [-0.15, -0.1) is 0 Å². The monoisotopic (exact) mass is 472 g/mol. The summed E-state index contributed by atoms with van der Waals surface area (Å²) < 4.78 is 5.85. The molecule has 0 spiro atoms. The maximum Gasteiger partial charge on any atom is 0.306 e. The van der Waals surface area contributed by atoms with Crippen molar-refractivity contribution in [2.45, 2.75) is 45.6 Å². The summed E-state index contributed by atoms with van der Waals surface area (Å²) in [6.45, 7) is 5.28. The highest BCUT2D eigenvalue weighted by Gasteiger charge is 2.33. The summed E-state index contributed by atoms with van der Waals surface area (Å²) in [7, 11) is 0. The zero-order chi connectivity index (χ0) is 24.6. The minimum Gasteiger partial charge on any atom is -0.481 e. The highest BCUT2D eigenvalue weighted by Crippen LogP contribution is 2.24. The zero-order valence-corrected chi connectivity index (χ0v) is 19.8. The van der Waals surface area contributed by atoms with E-state index >= 15 is 0 Å². The summed E-state index contributed by atoms with van der Waals surface area (Å²) in [5, 5.41) is 10.0. The van der Waals surface area contributed by atoms with Crippen LogP contribution in [0.25, 0.3) is 0 Å². The van der Waals surface area contributed by atoms with Gasteiger partial charge in [0, 0.05) is 29.1 Å². The van der Waals surface area contributed by atoms with Crippen molar-refractivity contribution in [2.75, 3.05) is 6.54 Å². The molecule has 3 N–H and O–H groups in total. The number of nitrogens with zero attached hydrogens (tertiary/aromatic N) is 1. The topological polar surface area (TPSA) is 119 Å². The number of halogens is 1. The molecule has 0 heterocycles. The summed E-state index contributed by atoms with van der Waals surface area (Å²) >= 11 is 5.86. The van der Waals surface area contributed by atoms with E-state index in [4.69, 9.17) is 22.1 Å². The molecule has 2 aromatic carbocycles. The third kappa shape index (κ3) is 8.02. The second-order valence-corrected chi connectivity index (χ2v) is 8.74. The molecule has 8 heteroatoms. The fourth-order valence-electron chi connectivity index (χ4n) is 3.17. The molecule has 0 aliphatic carbocycles. The molecule has 33 heavy (non-hydrogen) atoms. The first-order valence-electron chi connectivity index (χ1n) is 10.6. The van der Waals surface area contributed by atoms with E-state index in [9.17, 15) is 19.5 Å². The Morgan fingerprint density at radius 1 is 1.06 bits per heavy atom. The number of carboxylic acids is 1. The number of rotatable bonds is 12. The molecular weight excluding hydrogens is 444 g/mol. The van der Waals surface area contributed by atoms with Gasteiger partial charge in [-0.2, -0.15) is 0 Å². The number of Topliss-reactive ketones (excluding diaryl/α,β-unsaturated/α-hetero) is 1. The van der Waals surface area contributed by atoms with E-state index < -0.39 is 17.5 Å². The molecular formula is C25H29ClN2O5. The molecule has 176 valence electrons. The Bertz CT molecular complexity index is 1010. The van der Waals surface area contributed by atoms with E-state index in [1.807, 2.05) is 0 Å². The van der Waals surface area contributed by atoms with Gasteiger partial charge in [0.2, 0.25) is 0 Å². The molecule has 0 saturated carbocycles. The quantitative estimate of drug-likeness (QED) is 0.202. The van der Waals surface area contributed by atoms with Gasteiger partial charge >= 0.3 is 5.97 Å². The molecule has 0 bridgehead atoms. The van der Waals surface area contributed by atoms with Gasteiger partial charge in [0.25, 0.3) is 0 Å². The van der Waals surface area contributed by atoms with Gasteiger partial charge in [0.15, 0.2) is 17.2 Å². The van der Waals surface area contributed by atoms with Crippen LogP contribution in [0, 0.1) is 5.92 Å². The normalized spacial score (nSPS) is 12.8. The van der Waals surface area contributed by atoms with Gasteiger partial charge in [-0.3, -0.25) is 19.4 Å². The van der Waals surface area contributed by atoms with Crippen molar-refractivity contribution in [1.29, 1.82) is 0 Å². The second kappa shape index (κ2) is 11.6. The van der Waals surface area contributed by atoms with Crippen LogP contribution in [0.5, 0.6) is 5.75 Å². The van der Waals surface area contributed by atoms with Gasteiger partial charge in [-0.05, 0) is 82.1 Å². The minimum absolute atomic E-state index is 0.152. The van der Waals surface area contributed by atoms with Crippen LogP contribution in [0.15, 0.2) is 53.5 Å². The minimum atomic E-state index is -1.23. The molecule has 0 aliphatic heterocycles. The SMILES string of the molecule is CC(N)=NCCC[C@H](CC(=O)C(C)(C)Oc1ccc(C(=O)c2ccc(Cl)cc2)cc1)C(=O)O. The van der Waals surface area contributed by atoms with Crippen LogP contribution in [0.4, 0.5) is 0 Å². The van der Waals surface area contributed by atoms with Crippen molar-refractivity contribution < 1.29 is 24.2 Å². The number of nitrogens with two attached hydrogens (primary N) is 1. The number of benzene rings is 2. The molecule has 0 aromatic heterocycles. The first-order chi connectivity index (χ1) is 15.5. The average Bonchev–Trinajstić information content (AvgIpc) is 2.75. The standard InChI is InChI=1S/C25H29ClN2O5/c1-16(27)28-14-4-5-19(24(31)32)15-22(29)25(2,3)33-21-12-8-18(9-13-21)23(30)17-6-10-20(26)11-7-17/h6-13,19H,4-5,14-15H2,1-3H3,(H2,27,28)(H,31,32)/t19-/m1/s1. The molecule has 0 amide bonds. The lowest BCUT2D eigenvalue weighted by atomic mass is 9.90. The maximum atomic E-state index is 12.8. The number of ether oxygens (including phenoxy) is 1. The first kappa shape index (κ1) is 26.1. The number of carbonyl (C=O) groups is 3. The predicted molar refractivity (Wildman–Crippen MR) is 128 cm³/mol. The van der Waals surface area contributed by atoms with E-state index in [0.29, 0.717) is 47.1 Å². The fraction of sp³-hybridized carbons (Fsp3) is 0.360. The highest BCUT2D eigenvalue weighted by atomic mass is 35.5. The smallest absolute Gasteiger partial charge is 0.306 e. The summed E-state index contributed by atoms with van der Waals surface area (Å²) in [6, 6.07) is 13.1. The number of carboxylic acid groups (broad SMARTS) is 1. The van der Waals surface area contributed by atoms with Gasteiger partial charge in [0.1, 0.15) is 5.75 Å². The van der Waals surface area contributed by atoms with Crippen molar-refractivity contribution in [3.05, 3.63) is 64.7 Å². The van der Waals surface area contributed by atoms with Gasteiger partial charge in [-0.1, -0.05) is 11.6 Å². The molecule has 0 saturated heterocycles. The number of hydrogen-bond acceptors (Lipinski definition) is 5. The number of amidine groups is 1.